The van der Waals surface area contributed by atoms with Crippen molar-refractivity contribution in [3.8, 4) is 0 Å². The predicted molar refractivity (Wildman–Crippen MR) is 45.9 cm³/mol. The number of methoxy groups -OCH3 is 2. The zero-order valence-electron chi connectivity index (χ0n) is 7.81. The van der Waals surface area contributed by atoms with Crippen LogP contribution in [-0.2, 0) is 9.47 Å². The highest BCUT2D eigenvalue weighted by Gasteiger charge is 1.88. The molecule has 0 saturated carbocycles. The molecule has 0 aliphatic heterocycles. The van der Waals surface area contributed by atoms with E-state index in [2.05, 4.69) is 16.1 Å². The van der Waals surface area contributed by atoms with E-state index in [0.717, 1.165) is 0 Å². The third kappa shape index (κ3) is 136. The van der Waals surface area contributed by atoms with Crippen LogP contribution < -0.4 is 0 Å². The Morgan fingerprint density at radius 1 is 1.23 bits per heavy atom. The van der Waals surface area contributed by atoms with Gasteiger partial charge < -0.3 is 19.7 Å². The molecule has 78 valence electrons. The van der Waals surface area contributed by atoms with Crippen LogP contribution in [-0.4, -0.2) is 36.7 Å². The summed E-state index contributed by atoms with van der Waals surface area (Å²) in [6.07, 6.45) is -0.741. The fourth-order valence-corrected chi connectivity index (χ4v) is 0.0833. The van der Waals surface area contributed by atoms with Crippen LogP contribution in [0.1, 0.15) is 6.92 Å². The maximum Gasteiger partial charge on any atom is 0.507 e. The molecule has 0 heterocycles. The minimum atomic E-state index is -1.83. The van der Waals surface area contributed by atoms with Gasteiger partial charge in [0.1, 0.15) is 0 Å². The zero-order valence-corrected chi connectivity index (χ0v) is 7.81. The van der Waals surface area contributed by atoms with Crippen molar-refractivity contribution in [3.05, 3.63) is 12.7 Å². The first-order chi connectivity index (χ1) is 5.95. The molecule has 6 nitrogen and oxygen atoms in total. The molecule has 0 aromatic heterocycles. The summed E-state index contributed by atoms with van der Waals surface area (Å²) in [7, 11) is 2.51. The Kier molecular flexibility index (Phi) is 22.3. The van der Waals surface area contributed by atoms with E-state index in [-0.39, 0.29) is 0 Å². The number of carbonyl (C=O) groups is 2. The summed E-state index contributed by atoms with van der Waals surface area (Å²) in [5.41, 5.74) is 0. The molecule has 0 unspecified atom stereocenters. The summed E-state index contributed by atoms with van der Waals surface area (Å²) in [4.78, 5) is 18.3. The van der Waals surface area contributed by atoms with Crippen LogP contribution in [0.15, 0.2) is 12.7 Å². The van der Waals surface area contributed by atoms with Gasteiger partial charge in [0.2, 0.25) is 0 Å². The molecule has 0 bridgehead atoms. The summed E-state index contributed by atoms with van der Waals surface area (Å²) in [5, 5.41) is 13.9. The van der Waals surface area contributed by atoms with Crippen molar-refractivity contribution in [1.82, 2.24) is 0 Å². The summed E-state index contributed by atoms with van der Waals surface area (Å²) < 4.78 is 8.08. The largest absolute Gasteiger partial charge is 0.507 e. The first-order valence-corrected chi connectivity index (χ1v) is 3.07. The van der Waals surface area contributed by atoms with Gasteiger partial charge in [0.05, 0.1) is 14.2 Å². The summed E-state index contributed by atoms with van der Waals surface area (Å²) in [6, 6.07) is 0. The van der Waals surface area contributed by atoms with Gasteiger partial charge in [0.25, 0.3) is 0 Å². The Hall–Kier alpha value is -1.72. The van der Waals surface area contributed by atoms with Crippen LogP contribution in [0.5, 0.6) is 0 Å². The number of rotatable bonds is 0. The number of carbonyl (C=O) groups excluding carboxylic acids is 1. The molecule has 0 amide bonds. The molecular formula is C7H14O6. The third-order valence-corrected chi connectivity index (χ3v) is 0.333. The zero-order chi connectivity index (χ0) is 11.3. The van der Waals surface area contributed by atoms with E-state index in [0.29, 0.717) is 0 Å². The van der Waals surface area contributed by atoms with Gasteiger partial charge in [-0.3, -0.25) is 0 Å². The van der Waals surface area contributed by atoms with E-state index in [4.69, 9.17) is 15.0 Å². The van der Waals surface area contributed by atoms with Crippen LogP contribution in [0, 0.1) is 0 Å². The van der Waals surface area contributed by atoms with Crippen LogP contribution in [0.2, 0.25) is 0 Å². The molecule has 0 aromatic rings. The maximum atomic E-state index is 9.74. The average Bonchev–Trinajstić information content (AvgIpc) is 2.03. The quantitative estimate of drug-likeness (QED) is 0.451. The molecule has 0 atom stereocenters. The van der Waals surface area contributed by atoms with Crippen molar-refractivity contribution in [2.75, 3.05) is 14.2 Å². The standard InChI is InChI=1S/C3H6O3.C3H6.CH2O3/c1-5-3(4)6-2;1-3-2;2-1(3)4/h1-2H3;3H,1H2,2H3;(H2,2,3,4). The molecule has 0 saturated heterocycles. The van der Waals surface area contributed by atoms with Gasteiger partial charge in [0.15, 0.2) is 0 Å². The molecule has 2 N–H and O–H groups in total. The van der Waals surface area contributed by atoms with E-state index in [1.54, 1.807) is 6.08 Å². The van der Waals surface area contributed by atoms with Gasteiger partial charge in [-0.2, -0.15) is 0 Å². The van der Waals surface area contributed by atoms with Crippen molar-refractivity contribution in [2.24, 2.45) is 0 Å². The van der Waals surface area contributed by atoms with Crippen LogP contribution in [0.25, 0.3) is 0 Å². The fourth-order valence-electron chi connectivity index (χ4n) is 0.0833. The Morgan fingerprint density at radius 3 is 1.38 bits per heavy atom. The number of hydrogen-bond acceptors (Lipinski definition) is 4. The van der Waals surface area contributed by atoms with Crippen molar-refractivity contribution in [2.45, 2.75) is 6.92 Å². The lowest BCUT2D eigenvalue weighted by Crippen LogP contribution is -1.97. The Balaban J connectivity index is -0.000000125. The fraction of sp³-hybridized carbons (Fsp3) is 0.429. The van der Waals surface area contributed by atoms with E-state index < -0.39 is 12.3 Å². The van der Waals surface area contributed by atoms with Crippen molar-refractivity contribution >= 4 is 12.3 Å². The minimum absolute atomic E-state index is 0.657. The first-order valence-electron chi connectivity index (χ1n) is 3.07. The van der Waals surface area contributed by atoms with Gasteiger partial charge in [-0.15, -0.1) is 6.58 Å². The molecule has 13 heavy (non-hydrogen) atoms. The van der Waals surface area contributed by atoms with Crippen molar-refractivity contribution in [3.63, 3.8) is 0 Å². The van der Waals surface area contributed by atoms with Crippen molar-refractivity contribution < 1.29 is 29.3 Å². The summed E-state index contributed by atoms with van der Waals surface area (Å²) >= 11 is 0. The molecule has 0 fully saturated rings. The number of hydrogen-bond donors (Lipinski definition) is 2. The average molecular weight is 194 g/mol. The van der Waals surface area contributed by atoms with E-state index >= 15 is 0 Å². The van der Waals surface area contributed by atoms with Gasteiger partial charge in [-0.1, -0.05) is 6.08 Å². The second-order valence-corrected chi connectivity index (χ2v) is 1.35. The lowest BCUT2D eigenvalue weighted by Gasteiger charge is -1.89. The lowest BCUT2D eigenvalue weighted by atomic mass is 10.8. The maximum absolute atomic E-state index is 9.74. The molecule has 0 aliphatic rings. The Morgan fingerprint density at radius 2 is 1.38 bits per heavy atom. The molecule has 6 heteroatoms. The van der Waals surface area contributed by atoms with Gasteiger partial charge in [-0.05, 0) is 6.92 Å². The van der Waals surface area contributed by atoms with E-state index in [1.165, 1.54) is 14.2 Å². The van der Waals surface area contributed by atoms with Gasteiger partial charge in [0, 0.05) is 0 Å². The highest BCUT2D eigenvalue weighted by molar-refractivity contribution is 5.59. The van der Waals surface area contributed by atoms with Gasteiger partial charge in [-0.25, -0.2) is 9.59 Å². The van der Waals surface area contributed by atoms with E-state index in [9.17, 15) is 4.79 Å². The molecule has 0 aliphatic carbocycles. The Labute approximate surface area is 76.4 Å². The number of allylic oxidation sites excluding steroid dienone is 1. The summed E-state index contributed by atoms with van der Waals surface area (Å²) in [6.45, 7) is 5.25. The van der Waals surface area contributed by atoms with Gasteiger partial charge >= 0.3 is 12.3 Å². The number of carboxylic acid groups (broad SMARTS) is 2. The summed E-state index contributed by atoms with van der Waals surface area (Å²) in [5.74, 6) is 0. The van der Waals surface area contributed by atoms with Crippen LogP contribution >= 0.6 is 0 Å². The highest BCUT2D eigenvalue weighted by Crippen LogP contribution is 1.72. The van der Waals surface area contributed by atoms with Crippen LogP contribution in [0.3, 0.4) is 0 Å². The Bertz CT molecular complexity index is 132. The topological polar surface area (TPSA) is 93.1 Å². The predicted octanol–water partition coefficient (Wildman–Crippen LogP) is 1.81. The highest BCUT2D eigenvalue weighted by atomic mass is 16.7. The third-order valence-electron chi connectivity index (χ3n) is 0.333. The number of ether oxygens (including phenoxy) is 2. The smallest absolute Gasteiger partial charge is 0.450 e. The lowest BCUT2D eigenvalue weighted by molar-refractivity contribution is 0.0924. The normalized spacial score (nSPS) is 6.08. The molecule has 0 radical (unpaired) electrons. The second kappa shape index (κ2) is 16.7. The van der Waals surface area contributed by atoms with Crippen molar-refractivity contribution in [1.29, 1.82) is 0 Å². The monoisotopic (exact) mass is 194 g/mol. The molecular weight excluding hydrogens is 180 g/mol. The van der Waals surface area contributed by atoms with Crippen LogP contribution in [0.4, 0.5) is 9.59 Å². The molecule has 0 rings (SSSR count). The van der Waals surface area contributed by atoms with E-state index in [1.807, 2.05) is 6.92 Å². The first kappa shape index (κ1) is 17.4. The SMILES string of the molecule is C=CC.COC(=O)OC.O=C(O)O. The second-order valence-electron chi connectivity index (χ2n) is 1.35. The molecule has 0 aromatic carbocycles. The molecule has 0 spiro atoms. The minimum Gasteiger partial charge on any atom is -0.450 e.